The van der Waals surface area contributed by atoms with Gasteiger partial charge in [0.15, 0.2) is 0 Å². The predicted octanol–water partition coefficient (Wildman–Crippen LogP) is 3.33. The topological polar surface area (TPSA) is 29.5 Å². The molecule has 88 valence electrons. The van der Waals surface area contributed by atoms with Gasteiger partial charge in [0, 0.05) is 11.1 Å². The molecule has 1 aliphatic carbocycles. The summed E-state index contributed by atoms with van der Waals surface area (Å²) in [6, 6.07) is 6.11. The molecule has 1 saturated carbocycles. The van der Waals surface area contributed by atoms with Crippen LogP contribution in [0, 0.1) is 5.92 Å². The fourth-order valence-corrected chi connectivity index (χ4v) is 2.66. The lowest BCUT2D eigenvalue weighted by molar-refractivity contribution is 0.268. The smallest absolute Gasteiger partial charge is 0.122 e. The van der Waals surface area contributed by atoms with Gasteiger partial charge in [-0.2, -0.15) is 0 Å². The van der Waals surface area contributed by atoms with E-state index in [0.29, 0.717) is 5.92 Å². The second-order valence-corrected chi connectivity index (χ2v) is 5.26. The Morgan fingerprint density at radius 3 is 2.81 bits per heavy atom. The molecule has 1 unspecified atom stereocenters. The van der Waals surface area contributed by atoms with E-state index in [9.17, 15) is 0 Å². The van der Waals surface area contributed by atoms with E-state index >= 15 is 0 Å². The van der Waals surface area contributed by atoms with Crippen LogP contribution in [0.4, 0.5) is 0 Å². The Kier molecular flexibility index (Phi) is 3.87. The van der Waals surface area contributed by atoms with E-state index in [1.165, 1.54) is 18.4 Å². The Bertz CT molecular complexity index is 361. The van der Waals surface area contributed by atoms with Crippen molar-refractivity contribution in [1.82, 2.24) is 0 Å². The van der Waals surface area contributed by atoms with E-state index in [2.05, 4.69) is 22.0 Å². The van der Waals surface area contributed by atoms with Crippen LogP contribution in [-0.2, 0) is 0 Å². The van der Waals surface area contributed by atoms with E-state index in [4.69, 9.17) is 9.84 Å². The van der Waals surface area contributed by atoms with Crippen LogP contribution < -0.4 is 4.74 Å². The van der Waals surface area contributed by atoms with Crippen molar-refractivity contribution in [2.24, 2.45) is 5.92 Å². The van der Waals surface area contributed by atoms with Crippen LogP contribution in [0.5, 0.6) is 5.75 Å². The van der Waals surface area contributed by atoms with Gasteiger partial charge in [0.2, 0.25) is 0 Å². The first kappa shape index (κ1) is 11.9. The third kappa shape index (κ3) is 2.58. The molecule has 0 amide bonds. The number of aliphatic hydroxyl groups is 1. The van der Waals surface area contributed by atoms with E-state index in [0.717, 1.165) is 22.6 Å². The van der Waals surface area contributed by atoms with Crippen molar-refractivity contribution in [3.63, 3.8) is 0 Å². The maximum absolute atomic E-state index is 9.16. The van der Waals surface area contributed by atoms with Gasteiger partial charge in [-0.3, -0.25) is 0 Å². The van der Waals surface area contributed by atoms with Crippen molar-refractivity contribution in [1.29, 1.82) is 0 Å². The molecular weight excluding hydrogens is 268 g/mol. The molecular formula is C13H17BrO2. The average molecular weight is 285 g/mol. The summed E-state index contributed by atoms with van der Waals surface area (Å²) in [6.45, 7) is 0.247. The zero-order valence-corrected chi connectivity index (χ0v) is 11.0. The molecule has 0 heterocycles. The molecule has 0 radical (unpaired) electrons. The zero-order valence-electron chi connectivity index (χ0n) is 9.45. The first-order valence-corrected chi connectivity index (χ1v) is 6.50. The van der Waals surface area contributed by atoms with E-state index in [1.807, 2.05) is 12.1 Å². The number of ether oxygens (including phenoxy) is 1. The maximum Gasteiger partial charge on any atom is 0.122 e. The van der Waals surface area contributed by atoms with Crippen LogP contribution in [-0.4, -0.2) is 18.8 Å². The Morgan fingerprint density at radius 1 is 1.50 bits per heavy atom. The van der Waals surface area contributed by atoms with Crippen LogP contribution >= 0.6 is 15.9 Å². The Labute approximate surface area is 105 Å². The monoisotopic (exact) mass is 284 g/mol. The average Bonchev–Trinajstić information content (AvgIpc) is 3.10. The lowest BCUT2D eigenvalue weighted by Gasteiger charge is -2.19. The van der Waals surface area contributed by atoms with Crippen molar-refractivity contribution in [2.75, 3.05) is 13.7 Å². The highest BCUT2D eigenvalue weighted by atomic mass is 79.9. The van der Waals surface area contributed by atoms with E-state index in [1.54, 1.807) is 7.11 Å². The summed E-state index contributed by atoms with van der Waals surface area (Å²) in [5.41, 5.74) is 1.23. The van der Waals surface area contributed by atoms with Gasteiger partial charge in [-0.05, 0) is 54.9 Å². The first-order valence-electron chi connectivity index (χ1n) is 5.70. The molecule has 1 aromatic carbocycles. The number of methoxy groups -OCH3 is 1. The van der Waals surface area contributed by atoms with Gasteiger partial charge in [-0.25, -0.2) is 0 Å². The van der Waals surface area contributed by atoms with Gasteiger partial charge in [0.1, 0.15) is 5.75 Å². The van der Waals surface area contributed by atoms with Crippen molar-refractivity contribution in [3.05, 3.63) is 28.2 Å². The van der Waals surface area contributed by atoms with Crippen molar-refractivity contribution < 1.29 is 9.84 Å². The molecule has 1 atom stereocenters. The number of aliphatic hydroxyl groups excluding tert-OH is 1. The van der Waals surface area contributed by atoms with Gasteiger partial charge >= 0.3 is 0 Å². The molecule has 1 N–H and O–H groups in total. The molecule has 0 spiro atoms. The van der Waals surface area contributed by atoms with Crippen LogP contribution in [0.15, 0.2) is 22.7 Å². The number of hydrogen-bond acceptors (Lipinski definition) is 2. The summed E-state index contributed by atoms with van der Waals surface area (Å²) in [4.78, 5) is 0. The molecule has 16 heavy (non-hydrogen) atoms. The highest BCUT2D eigenvalue weighted by molar-refractivity contribution is 9.10. The second-order valence-electron chi connectivity index (χ2n) is 4.34. The molecule has 3 heteroatoms. The van der Waals surface area contributed by atoms with Gasteiger partial charge in [-0.1, -0.05) is 15.9 Å². The number of benzene rings is 1. The van der Waals surface area contributed by atoms with Crippen LogP contribution in [0.1, 0.15) is 30.7 Å². The summed E-state index contributed by atoms with van der Waals surface area (Å²) in [5, 5.41) is 9.16. The molecule has 2 nitrogen and oxygen atoms in total. The molecule has 2 rings (SSSR count). The van der Waals surface area contributed by atoms with Crippen molar-refractivity contribution >= 4 is 15.9 Å². The zero-order chi connectivity index (χ0) is 11.5. The van der Waals surface area contributed by atoms with Crippen LogP contribution in [0.2, 0.25) is 0 Å². The number of halogens is 1. The molecule has 1 aromatic rings. The summed E-state index contributed by atoms with van der Waals surface area (Å²) in [6.07, 6.45) is 3.39. The number of rotatable bonds is 5. The SMILES string of the molecule is COc1ccc(Br)cc1C(CCO)C1CC1. The minimum absolute atomic E-state index is 0.247. The molecule has 0 aromatic heterocycles. The Balaban J connectivity index is 2.30. The second kappa shape index (κ2) is 5.19. The normalized spacial score (nSPS) is 17.2. The maximum atomic E-state index is 9.16. The van der Waals surface area contributed by atoms with E-state index in [-0.39, 0.29) is 6.61 Å². The van der Waals surface area contributed by atoms with Gasteiger partial charge in [-0.15, -0.1) is 0 Å². The van der Waals surface area contributed by atoms with Crippen LogP contribution in [0.25, 0.3) is 0 Å². The molecule has 1 fully saturated rings. The summed E-state index contributed by atoms with van der Waals surface area (Å²) in [7, 11) is 1.70. The Hall–Kier alpha value is -0.540. The summed E-state index contributed by atoms with van der Waals surface area (Å²) >= 11 is 3.50. The molecule has 0 saturated heterocycles. The van der Waals surface area contributed by atoms with Gasteiger partial charge < -0.3 is 9.84 Å². The van der Waals surface area contributed by atoms with Crippen LogP contribution in [0.3, 0.4) is 0 Å². The summed E-state index contributed by atoms with van der Waals surface area (Å²) in [5.74, 6) is 2.11. The fraction of sp³-hybridized carbons (Fsp3) is 0.538. The fourth-order valence-electron chi connectivity index (χ4n) is 2.28. The standard InChI is InChI=1S/C13H17BrO2/c1-16-13-5-4-10(14)8-12(13)11(6-7-15)9-2-3-9/h4-5,8-9,11,15H,2-3,6-7H2,1H3. The largest absolute Gasteiger partial charge is 0.496 e. The van der Waals surface area contributed by atoms with Gasteiger partial charge in [0.25, 0.3) is 0 Å². The van der Waals surface area contributed by atoms with Crippen molar-refractivity contribution in [3.8, 4) is 5.75 Å². The quantitative estimate of drug-likeness (QED) is 0.899. The number of hydrogen-bond donors (Lipinski definition) is 1. The Morgan fingerprint density at radius 2 is 2.25 bits per heavy atom. The van der Waals surface area contributed by atoms with Crippen molar-refractivity contribution in [2.45, 2.75) is 25.2 Å². The molecule has 1 aliphatic rings. The summed E-state index contributed by atoms with van der Waals surface area (Å²) < 4.78 is 6.48. The molecule has 0 bridgehead atoms. The third-order valence-electron chi connectivity index (χ3n) is 3.22. The van der Waals surface area contributed by atoms with E-state index < -0.39 is 0 Å². The highest BCUT2D eigenvalue weighted by Crippen LogP contribution is 2.47. The lowest BCUT2D eigenvalue weighted by atomic mass is 9.90. The minimum Gasteiger partial charge on any atom is -0.496 e. The predicted molar refractivity (Wildman–Crippen MR) is 67.9 cm³/mol. The molecule has 0 aliphatic heterocycles. The highest BCUT2D eigenvalue weighted by Gasteiger charge is 2.33. The lowest BCUT2D eigenvalue weighted by Crippen LogP contribution is -2.06. The third-order valence-corrected chi connectivity index (χ3v) is 3.72. The first-order chi connectivity index (χ1) is 7.76. The van der Waals surface area contributed by atoms with Gasteiger partial charge in [0.05, 0.1) is 7.11 Å². The minimum atomic E-state index is 0.247.